The average molecular weight is 428 g/mol. The molecule has 160 valence electrons. The molecule has 0 radical (unpaired) electrons. The van der Waals surface area contributed by atoms with Gasteiger partial charge in [-0.3, -0.25) is 4.79 Å². The van der Waals surface area contributed by atoms with Gasteiger partial charge in [0.05, 0.1) is 18.4 Å². The molecule has 0 fully saturated rings. The lowest BCUT2D eigenvalue weighted by molar-refractivity contribution is 0.0696. The Kier molecular flexibility index (Phi) is 5.98. The number of aromatic carboxylic acids is 1. The van der Waals surface area contributed by atoms with Crippen molar-refractivity contribution in [3.05, 3.63) is 101 Å². The molecule has 1 aromatic heterocycles. The number of fused-ring (bicyclic) bond motifs is 1. The molecular weight excluding hydrogens is 408 g/mol. The molecule has 0 aliphatic rings. The van der Waals surface area contributed by atoms with Crippen LogP contribution in [0.5, 0.6) is 5.75 Å². The summed E-state index contributed by atoms with van der Waals surface area (Å²) in [5.41, 5.74) is 2.48. The highest BCUT2D eigenvalue weighted by atomic mass is 16.5. The second kappa shape index (κ2) is 9.18. The third-order valence-corrected chi connectivity index (χ3v) is 4.84. The van der Waals surface area contributed by atoms with Gasteiger partial charge in [-0.15, -0.1) is 0 Å². The zero-order valence-electron chi connectivity index (χ0n) is 17.2. The van der Waals surface area contributed by atoms with Gasteiger partial charge in [-0.2, -0.15) is 0 Å². The van der Waals surface area contributed by atoms with E-state index in [0.717, 1.165) is 5.56 Å². The van der Waals surface area contributed by atoms with Crippen molar-refractivity contribution in [2.75, 3.05) is 7.11 Å². The van der Waals surface area contributed by atoms with Crippen LogP contribution in [0.2, 0.25) is 0 Å². The number of hydrogen-bond donors (Lipinski definition) is 2. The van der Waals surface area contributed by atoms with Gasteiger partial charge in [0.2, 0.25) is 5.55 Å². The Morgan fingerprint density at radius 2 is 1.75 bits per heavy atom. The van der Waals surface area contributed by atoms with Crippen LogP contribution in [-0.4, -0.2) is 24.1 Å². The molecule has 7 nitrogen and oxygen atoms in total. The molecular formula is C25H20N2O5. The molecule has 4 rings (SSSR count). The van der Waals surface area contributed by atoms with E-state index < -0.39 is 5.97 Å². The molecule has 0 aliphatic heterocycles. The summed E-state index contributed by atoms with van der Waals surface area (Å²) in [4.78, 5) is 28.6. The Hall–Kier alpha value is -4.39. The van der Waals surface area contributed by atoms with Crippen LogP contribution in [0.1, 0.15) is 26.3 Å². The second-order valence-electron chi connectivity index (χ2n) is 7.00. The van der Waals surface area contributed by atoms with Gasteiger partial charge in [-0.1, -0.05) is 30.3 Å². The summed E-state index contributed by atoms with van der Waals surface area (Å²) >= 11 is 0. The predicted octanol–water partition coefficient (Wildman–Crippen LogP) is 4.30. The summed E-state index contributed by atoms with van der Waals surface area (Å²) in [7, 11) is 1.57. The fourth-order valence-electron chi connectivity index (χ4n) is 3.15. The zero-order valence-corrected chi connectivity index (χ0v) is 17.2. The Morgan fingerprint density at radius 3 is 2.44 bits per heavy atom. The maximum absolute atomic E-state index is 13.0. The van der Waals surface area contributed by atoms with Crippen LogP contribution in [-0.2, 0) is 6.54 Å². The summed E-state index contributed by atoms with van der Waals surface area (Å²) in [6.07, 6.45) is 0. The minimum atomic E-state index is -1.03. The van der Waals surface area contributed by atoms with E-state index in [4.69, 9.17) is 14.3 Å². The fraction of sp³-hybridized carbons (Fsp3) is 0.0800. The standard InChI is InChI=1S/C25H20N2O5/c1-31-20-11-12-22-18(13-20)14-21(23(28)26-15-16-5-3-2-4-6-16)24(32-22)27-19-9-7-17(8-10-19)25(29)30/h2-14H,15H2,1H3,(H,26,28)(H,29,30). The van der Waals surface area contributed by atoms with Gasteiger partial charge in [-0.05, 0) is 54.1 Å². The maximum atomic E-state index is 13.0. The highest BCUT2D eigenvalue weighted by Gasteiger charge is 2.13. The van der Waals surface area contributed by atoms with Crippen molar-refractivity contribution >= 4 is 28.5 Å². The summed E-state index contributed by atoms with van der Waals surface area (Å²) in [6, 6.07) is 22.5. The van der Waals surface area contributed by atoms with Crippen molar-refractivity contribution in [1.29, 1.82) is 0 Å². The lowest BCUT2D eigenvalue weighted by Crippen LogP contribution is -2.28. The number of methoxy groups -OCH3 is 1. The molecule has 3 aromatic carbocycles. The number of carbonyl (C=O) groups is 2. The van der Waals surface area contributed by atoms with Gasteiger partial charge in [0.25, 0.3) is 5.91 Å². The lowest BCUT2D eigenvalue weighted by Gasteiger charge is -2.08. The smallest absolute Gasteiger partial charge is 0.335 e. The van der Waals surface area contributed by atoms with E-state index in [2.05, 4.69) is 10.3 Å². The fourth-order valence-corrected chi connectivity index (χ4v) is 3.15. The van der Waals surface area contributed by atoms with Crippen LogP contribution in [0.4, 0.5) is 5.69 Å². The van der Waals surface area contributed by atoms with E-state index in [1.165, 1.54) is 12.1 Å². The van der Waals surface area contributed by atoms with Crippen molar-refractivity contribution in [3.8, 4) is 5.75 Å². The number of carboxylic acid groups (broad SMARTS) is 1. The van der Waals surface area contributed by atoms with E-state index >= 15 is 0 Å². The number of amides is 1. The van der Waals surface area contributed by atoms with Crippen LogP contribution >= 0.6 is 0 Å². The molecule has 0 aliphatic carbocycles. The number of nitrogens with one attached hydrogen (secondary N) is 1. The van der Waals surface area contributed by atoms with Gasteiger partial charge >= 0.3 is 5.97 Å². The van der Waals surface area contributed by atoms with Crippen molar-refractivity contribution in [2.45, 2.75) is 6.54 Å². The summed E-state index contributed by atoms with van der Waals surface area (Å²) in [5, 5.41) is 12.7. The predicted molar refractivity (Wildman–Crippen MR) is 119 cm³/mol. The third-order valence-electron chi connectivity index (χ3n) is 4.84. The molecule has 32 heavy (non-hydrogen) atoms. The van der Waals surface area contributed by atoms with Gasteiger partial charge in [0, 0.05) is 11.9 Å². The summed E-state index contributed by atoms with van der Waals surface area (Å²) < 4.78 is 11.2. The van der Waals surface area contributed by atoms with Crippen LogP contribution < -0.4 is 15.6 Å². The molecule has 4 aromatic rings. The normalized spacial score (nSPS) is 11.3. The van der Waals surface area contributed by atoms with Crippen LogP contribution in [0.25, 0.3) is 11.0 Å². The third kappa shape index (κ3) is 4.67. The Labute approximate surface area is 183 Å². The first-order valence-corrected chi connectivity index (χ1v) is 9.85. The van der Waals surface area contributed by atoms with Gasteiger partial charge in [0.1, 0.15) is 16.9 Å². The molecule has 0 saturated heterocycles. The van der Waals surface area contributed by atoms with Crippen molar-refractivity contribution in [2.24, 2.45) is 4.99 Å². The zero-order chi connectivity index (χ0) is 22.5. The van der Waals surface area contributed by atoms with Crippen molar-refractivity contribution in [1.82, 2.24) is 5.32 Å². The Bertz CT molecular complexity index is 1340. The quantitative estimate of drug-likeness (QED) is 0.477. The van der Waals surface area contributed by atoms with Crippen molar-refractivity contribution in [3.63, 3.8) is 0 Å². The summed E-state index contributed by atoms with van der Waals surface area (Å²) in [5.74, 6) is -0.734. The van der Waals surface area contributed by atoms with E-state index in [-0.39, 0.29) is 22.6 Å². The van der Waals surface area contributed by atoms with Crippen LogP contribution in [0.3, 0.4) is 0 Å². The molecule has 1 heterocycles. The van der Waals surface area contributed by atoms with E-state index in [9.17, 15) is 9.59 Å². The number of carbonyl (C=O) groups excluding carboxylic acids is 1. The lowest BCUT2D eigenvalue weighted by atomic mass is 10.1. The van der Waals surface area contributed by atoms with Crippen molar-refractivity contribution < 1.29 is 23.8 Å². The number of hydrogen-bond acceptors (Lipinski definition) is 5. The molecule has 0 atom stereocenters. The molecule has 2 N–H and O–H groups in total. The number of carboxylic acids is 1. The van der Waals surface area contributed by atoms with Crippen LogP contribution in [0.15, 0.2) is 88.3 Å². The van der Waals surface area contributed by atoms with E-state index in [1.54, 1.807) is 43.5 Å². The largest absolute Gasteiger partial charge is 0.497 e. The molecule has 1 amide bonds. The first kappa shape index (κ1) is 20.9. The SMILES string of the molecule is COc1ccc2oc(=Nc3ccc(C(=O)O)cc3)c(C(=O)NCc3ccccc3)cc2c1. The molecule has 7 heteroatoms. The number of benzene rings is 3. The average Bonchev–Trinajstić information content (AvgIpc) is 2.82. The first-order valence-electron chi connectivity index (χ1n) is 9.85. The van der Waals surface area contributed by atoms with Gasteiger partial charge in [-0.25, -0.2) is 9.79 Å². The van der Waals surface area contributed by atoms with E-state index in [1.807, 2.05) is 30.3 Å². The second-order valence-corrected chi connectivity index (χ2v) is 7.00. The molecule has 0 spiro atoms. The Balaban J connectivity index is 1.76. The Morgan fingerprint density at radius 1 is 1.00 bits per heavy atom. The highest BCUT2D eigenvalue weighted by molar-refractivity contribution is 5.96. The van der Waals surface area contributed by atoms with Gasteiger partial charge < -0.3 is 19.6 Å². The highest BCUT2D eigenvalue weighted by Crippen LogP contribution is 2.21. The van der Waals surface area contributed by atoms with Gasteiger partial charge in [0.15, 0.2) is 0 Å². The molecule has 0 saturated carbocycles. The molecule has 0 bridgehead atoms. The topological polar surface area (TPSA) is 101 Å². The number of ether oxygens (including phenoxy) is 1. The number of rotatable bonds is 6. The minimum Gasteiger partial charge on any atom is -0.497 e. The minimum absolute atomic E-state index is 0.122. The maximum Gasteiger partial charge on any atom is 0.335 e. The first-order chi connectivity index (χ1) is 15.5. The monoisotopic (exact) mass is 428 g/mol. The molecule has 0 unspecified atom stereocenters. The number of nitrogens with zero attached hydrogens (tertiary/aromatic N) is 1. The van der Waals surface area contributed by atoms with Crippen LogP contribution in [0, 0.1) is 0 Å². The summed E-state index contributed by atoms with van der Waals surface area (Å²) in [6.45, 7) is 0.350. The van der Waals surface area contributed by atoms with E-state index in [0.29, 0.717) is 29.0 Å².